The van der Waals surface area contributed by atoms with Gasteiger partial charge in [0.25, 0.3) is 0 Å². The van der Waals surface area contributed by atoms with E-state index in [-0.39, 0.29) is 17.6 Å². The minimum Gasteiger partial charge on any atom is -0.356 e. The molecule has 0 unspecified atom stereocenters. The van der Waals surface area contributed by atoms with Crippen LogP contribution in [0.5, 0.6) is 0 Å². The number of carbonyl (C=O) groups is 1. The smallest absolute Gasteiger partial charge is 0.241 e. The molecule has 0 atom stereocenters. The van der Waals surface area contributed by atoms with Crippen LogP contribution in [0.1, 0.15) is 25.2 Å². The van der Waals surface area contributed by atoms with E-state index in [0.29, 0.717) is 24.8 Å². The van der Waals surface area contributed by atoms with Crippen molar-refractivity contribution in [2.75, 3.05) is 25.4 Å². The summed E-state index contributed by atoms with van der Waals surface area (Å²) < 4.78 is 18.4. The van der Waals surface area contributed by atoms with Crippen molar-refractivity contribution in [2.45, 2.75) is 30.7 Å². The normalized spacial score (nSPS) is 15.0. The van der Waals surface area contributed by atoms with Gasteiger partial charge in [0, 0.05) is 22.9 Å². The predicted octanol–water partition coefficient (Wildman–Crippen LogP) is 4.39. The molecule has 0 bridgehead atoms. The van der Waals surface area contributed by atoms with Gasteiger partial charge in [-0.15, -0.1) is 11.8 Å². The van der Waals surface area contributed by atoms with E-state index in [9.17, 15) is 9.18 Å². The molecule has 0 radical (unpaired) electrons. The number of aromatic nitrogens is 2. The molecule has 1 aromatic heterocycles. The van der Waals surface area contributed by atoms with Crippen LogP contribution >= 0.6 is 11.8 Å². The molecule has 0 spiro atoms. The Hall–Kier alpha value is -2.71. The third-order valence-electron chi connectivity index (χ3n) is 5.52. The maximum absolute atomic E-state index is 13.1. The zero-order valence-corrected chi connectivity index (χ0v) is 18.7. The molecule has 1 aliphatic rings. The molecule has 1 fully saturated rings. The Morgan fingerprint density at radius 3 is 2.62 bits per heavy atom. The van der Waals surface area contributed by atoms with Crippen molar-refractivity contribution >= 4 is 17.7 Å². The molecule has 1 aliphatic heterocycles. The number of nitrogens with zero attached hydrogens (tertiary/aromatic N) is 3. The molecule has 3 aromatic rings. The lowest BCUT2D eigenvalue weighted by molar-refractivity contribution is -0.126. The lowest BCUT2D eigenvalue weighted by atomic mass is 9.96. The topological polar surface area (TPSA) is 71.3 Å². The van der Waals surface area contributed by atoms with Crippen LogP contribution in [0, 0.1) is 11.7 Å². The van der Waals surface area contributed by atoms with Crippen LogP contribution in [0.2, 0.25) is 0 Å². The summed E-state index contributed by atoms with van der Waals surface area (Å²) in [7, 11) is 0. The highest BCUT2D eigenvalue weighted by Gasteiger charge is 2.25. The highest BCUT2D eigenvalue weighted by molar-refractivity contribution is 7.99. The number of piperidine rings is 1. The van der Waals surface area contributed by atoms with E-state index in [1.165, 1.54) is 17.0 Å². The summed E-state index contributed by atoms with van der Waals surface area (Å²) >= 11 is 1.82. The largest absolute Gasteiger partial charge is 0.356 e. The number of nitrogens with one attached hydrogen (secondary N) is 1. The zero-order chi connectivity index (χ0) is 22.2. The molecule has 168 valence electrons. The van der Waals surface area contributed by atoms with E-state index >= 15 is 0 Å². The van der Waals surface area contributed by atoms with Gasteiger partial charge in [-0.2, -0.15) is 4.98 Å². The van der Waals surface area contributed by atoms with E-state index in [4.69, 9.17) is 4.52 Å². The first-order valence-corrected chi connectivity index (χ1v) is 11.9. The van der Waals surface area contributed by atoms with Gasteiger partial charge in [-0.3, -0.25) is 9.69 Å². The number of likely N-dealkylation sites (tertiary alicyclic amines) is 1. The minimum atomic E-state index is -0.296. The van der Waals surface area contributed by atoms with Crippen LogP contribution in [-0.2, 0) is 11.3 Å². The second-order valence-electron chi connectivity index (χ2n) is 7.88. The first kappa shape index (κ1) is 22.5. The minimum absolute atomic E-state index is 0.0606. The molecule has 8 heteroatoms. The van der Waals surface area contributed by atoms with E-state index < -0.39 is 0 Å². The van der Waals surface area contributed by atoms with Crippen LogP contribution in [0.3, 0.4) is 0 Å². The average Bonchev–Trinajstić information content (AvgIpc) is 3.29. The van der Waals surface area contributed by atoms with Crippen molar-refractivity contribution in [3.8, 4) is 11.4 Å². The first-order chi connectivity index (χ1) is 15.7. The van der Waals surface area contributed by atoms with Crippen molar-refractivity contribution in [1.29, 1.82) is 0 Å². The number of hydrogen-bond acceptors (Lipinski definition) is 6. The highest BCUT2D eigenvalue weighted by Crippen LogP contribution is 2.21. The fourth-order valence-corrected chi connectivity index (χ4v) is 4.59. The molecule has 32 heavy (non-hydrogen) atoms. The monoisotopic (exact) mass is 454 g/mol. The lowest BCUT2D eigenvalue weighted by Gasteiger charge is -2.30. The fraction of sp³-hybridized carbons (Fsp3) is 0.375. The molecule has 0 saturated carbocycles. The molecule has 4 rings (SSSR count). The van der Waals surface area contributed by atoms with Gasteiger partial charge in [-0.1, -0.05) is 23.4 Å². The van der Waals surface area contributed by atoms with E-state index in [1.807, 2.05) is 30.0 Å². The van der Waals surface area contributed by atoms with Gasteiger partial charge < -0.3 is 9.84 Å². The molecule has 1 saturated heterocycles. The van der Waals surface area contributed by atoms with Gasteiger partial charge in [-0.05, 0) is 74.5 Å². The number of hydrogen-bond donors (Lipinski definition) is 1. The molecule has 1 amide bonds. The quantitative estimate of drug-likeness (QED) is 0.382. The van der Waals surface area contributed by atoms with E-state index in [2.05, 4.69) is 32.5 Å². The van der Waals surface area contributed by atoms with Crippen molar-refractivity contribution < 1.29 is 13.7 Å². The van der Waals surface area contributed by atoms with E-state index in [1.54, 1.807) is 12.1 Å². The van der Waals surface area contributed by atoms with Crippen LogP contribution in [0.4, 0.5) is 4.39 Å². The van der Waals surface area contributed by atoms with Crippen LogP contribution < -0.4 is 5.32 Å². The average molecular weight is 455 g/mol. The van der Waals surface area contributed by atoms with Gasteiger partial charge in [0.1, 0.15) is 5.82 Å². The Balaban J connectivity index is 1.14. The molecule has 2 heterocycles. The second kappa shape index (κ2) is 11.2. The van der Waals surface area contributed by atoms with Crippen molar-refractivity contribution in [3.63, 3.8) is 0 Å². The maximum Gasteiger partial charge on any atom is 0.241 e. The zero-order valence-electron chi connectivity index (χ0n) is 17.9. The Kier molecular flexibility index (Phi) is 7.90. The summed E-state index contributed by atoms with van der Waals surface area (Å²) in [4.78, 5) is 20.4. The number of rotatable bonds is 9. The molecular formula is C24H27FN4O2S. The fourth-order valence-electron chi connectivity index (χ4n) is 3.71. The van der Waals surface area contributed by atoms with Gasteiger partial charge >= 0.3 is 0 Å². The highest BCUT2D eigenvalue weighted by atomic mass is 32.2. The molecular weight excluding hydrogens is 427 g/mol. The molecule has 2 aromatic carbocycles. The Bertz CT molecular complexity index is 989. The third-order valence-corrected chi connectivity index (χ3v) is 6.62. The standard InChI is InChI=1S/C24H27FN4O2S/c25-20-9-7-18(8-10-20)23-27-22(31-28-23)17-29-14-11-19(12-15-29)24(30)26-13-4-16-32-21-5-2-1-3-6-21/h1-3,5-10,19H,4,11-17H2,(H,26,30). The summed E-state index contributed by atoms with van der Waals surface area (Å²) in [6.45, 7) is 2.90. The van der Waals surface area contributed by atoms with Gasteiger partial charge in [0.15, 0.2) is 0 Å². The maximum atomic E-state index is 13.1. The van der Waals surface area contributed by atoms with Crippen LogP contribution in [0.15, 0.2) is 64.0 Å². The van der Waals surface area contributed by atoms with E-state index in [0.717, 1.165) is 43.7 Å². The van der Waals surface area contributed by atoms with Crippen LogP contribution in [0.25, 0.3) is 11.4 Å². The van der Waals surface area contributed by atoms with Crippen molar-refractivity contribution in [2.24, 2.45) is 5.92 Å². The molecule has 0 aliphatic carbocycles. The van der Waals surface area contributed by atoms with Crippen molar-refractivity contribution in [1.82, 2.24) is 20.4 Å². The summed E-state index contributed by atoms with van der Waals surface area (Å²) in [6, 6.07) is 16.3. The number of carbonyl (C=O) groups excluding carboxylic acids is 1. The second-order valence-corrected chi connectivity index (χ2v) is 9.04. The van der Waals surface area contributed by atoms with Gasteiger partial charge in [-0.25, -0.2) is 4.39 Å². The predicted molar refractivity (Wildman–Crippen MR) is 122 cm³/mol. The SMILES string of the molecule is O=C(NCCCSc1ccccc1)C1CCN(Cc2nc(-c3ccc(F)cc3)no2)CC1. The van der Waals surface area contributed by atoms with Gasteiger partial charge in [0.05, 0.1) is 6.54 Å². The summed E-state index contributed by atoms with van der Waals surface area (Å²) in [5.41, 5.74) is 0.721. The Morgan fingerprint density at radius 2 is 1.88 bits per heavy atom. The number of halogens is 1. The lowest BCUT2D eigenvalue weighted by Crippen LogP contribution is -2.40. The third kappa shape index (κ3) is 6.40. The summed E-state index contributed by atoms with van der Waals surface area (Å²) in [5, 5.41) is 7.08. The summed E-state index contributed by atoms with van der Waals surface area (Å²) in [5.74, 6) is 1.90. The number of benzene rings is 2. The van der Waals surface area contributed by atoms with Gasteiger partial charge in [0.2, 0.25) is 17.6 Å². The van der Waals surface area contributed by atoms with Crippen LogP contribution in [-0.4, -0.2) is 46.3 Å². The molecule has 6 nitrogen and oxygen atoms in total. The summed E-state index contributed by atoms with van der Waals surface area (Å²) in [6.07, 6.45) is 2.60. The number of amides is 1. The molecule has 1 N–H and O–H groups in total. The first-order valence-electron chi connectivity index (χ1n) is 10.9. The Morgan fingerprint density at radius 1 is 1.12 bits per heavy atom. The number of thioether (sulfide) groups is 1. The van der Waals surface area contributed by atoms with Crippen molar-refractivity contribution in [3.05, 3.63) is 66.3 Å². The Labute approximate surface area is 191 Å².